The molecule has 1 aliphatic heterocycles. The zero-order chi connectivity index (χ0) is 25.4. The van der Waals surface area contributed by atoms with E-state index in [-0.39, 0.29) is 17.5 Å². The van der Waals surface area contributed by atoms with Crippen molar-refractivity contribution in [3.8, 4) is 11.5 Å². The van der Waals surface area contributed by atoms with Crippen LogP contribution in [-0.2, 0) is 16.7 Å². The third-order valence-corrected chi connectivity index (χ3v) is 8.47. The highest BCUT2D eigenvalue weighted by Gasteiger charge is 2.51. The van der Waals surface area contributed by atoms with Crippen LogP contribution in [-0.4, -0.2) is 63.2 Å². The Bertz CT molecular complexity index is 992. The topological polar surface area (TPSA) is 72.1 Å². The number of nitrogens with one attached hydrogen (secondary N) is 2. The van der Waals surface area contributed by atoms with Crippen LogP contribution in [0.4, 0.5) is 4.79 Å². The van der Waals surface area contributed by atoms with Gasteiger partial charge in [-0.1, -0.05) is 36.4 Å². The second-order valence-corrected chi connectivity index (χ2v) is 10.6. The summed E-state index contributed by atoms with van der Waals surface area (Å²) in [4.78, 5) is 15.2. The highest BCUT2D eigenvalue weighted by molar-refractivity contribution is 7.97. The van der Waals surface area contributed by atoms with E-state index in [0.29, 0.717) is 12.6 Å². The van der Waals surface area contributed by atoms with Gasteiger partial charge in [-0.15, -0.1) is 0 Å². The molecule has 2 aromatic rings. The maximum atomic E-state index is 12.6. The lowest BCUT2D eigenvalue weighted by atomic mass is 9.65. The average Bonchev–Trinajstić information content (AvgIpc) is 3.27. The first-order valence-electron chi connectivity index (χ1n) is 12.8. The smallest absolute Gasteiger partial charge is 0.324 e. The highest BCUT2D eigenvalue weighted by atomic mass is 32.2. The van der Waals surface area contributed by atoms with Crippen LogP contribution in [0.5, 0.6) is 11.5 Å². The zero-order valence-corrected chi connectivity index (χ0v) is 22.4. The van der Waals surface area contributed by atoms with E-state index in [0.717, 1.165) is 62.4 Å². The van der Waals surface area contributed by atoms with Crippen molar-refractivity contribution in [1.29, 1.82) is 0 Å². The van der Waals surface area contributed by atoms with E-state index >= 15 is 0 Å². The summed E-state index contributed by atoms with van der Waals surface area (Å²) in [7, 11) is 5.06. The molecule has 3 atom stereocenters. The van der Waals surface area contributed by atoms with Gasteiger partial charge in [0.1, 0.15) is 0 Å². The molecule has 1 aliphatic carbocycles. The molecule has 0 spiro atoms. The third-order valence-electron chi connectivity index (χ3n) is 7.65. The molecule has 1 saturated heterocycles. The number of nitrogens with zero attached hydrogens (tertiary/aromatic N) is 1. The number of carbonyl (C=O) groups excluding carboxylic acids is 1. The number of rotatable bonds is 11. The van der Waals surface area contributed by atoms with Crippen molar-refractivity contribution >= 4 is 18.0 Å². The number of likely N-dealkylation sites (tertiary alicyclic amines) is 1. The SMILES string of the molecule is COCCCSNC(=O)NC1CCC2(c3ccc(OC)c(OC)c3)CCN(Cc3ccccc3)C2C1. The first-order chi connectivity index (χ1) is 17.6. The van der Waals surface area contributed by atoms with E-state index in [1.54, 1.807) is 21.3 Å². The number of ether oxygens (including phenoxy) is 3. The summed E-state index contributed by atoms with van der Waals surface area (Å²) in [6.45, 7) is 2.65. The van der Waals surface area contributed by atoms with Crippen LogP contribution in [0.1, 0.15) is 43.2 Å². The molecule has 0 aromatic heterocycles. The number of hydrogen-bond donors (Lipinski definition) is 2. The first-order valence-corrected chi connectivity index (χ1v) is 13.8. The summed E-state index contributed by atoms with van der Waals surface area (Å²) in [6, 6.07) is 17.4. The van der Waals surface area contributed by atoms with Gasteiger partial charge in [-0.2, -0.15) is 0 Å². The zero-order valence-electron chi connectivity index (χ0n) is 21.6. The molecule has 1 saturated carbocycles. The number of methoxy groups -OCH3 is 3. The average molecular weight is 514 g/mol. The molecule has 3 unspecified atom stereocenters. The molecule has 2 fully saturated rings. The Morgan fingerprint density at radius 1 is 1.08 bits per heavy atom. The molecular weight excluding hydrogens is 474 g/mol. The van der Waals surface area contributed by atoms with E-state index in [4.69, 9.17) is 14.2 Å². The minimum absolute atomic E-state index is 0.0257. The van der Waals surface area contributed by atoms with Gasteiger partial charge >= 0.3 is 6.03 Å². The summed E-state index contributed by atoms with van der Waals surface area (Å²) in [5.74, 6) is 2.36. The van der Waals surface area contributed by atoms with E-state index in [1.165, 1.54) is 23.1 Å². The van der Waals surface area contributed by atoms with Crippen LogP contribution in [0.15, 0.2) is 48.5 Å². The van der Waals surface area contributed by atoms with Crippen LogP contribution in [0.3, 0.4) is 0 Å². The molecule has 2 aromatic carbocycles. The minimum atomic E-state index is -0.103. The fraction of sp³-hybridized carbons (Fsp3) is 0.536. The highest BCUT2D eigenvalue weighted by Crippen LogP contribution is 2.50. The van der Waals surface area contributed by atoms with Crippen molar-refractivity contribution in [2.45, 2.75) is 56.1 Å². The van der Waals surface area contributed by atoms with Gasteiger partial charge < -0.3 is 19.5 Å². The quantitative estimate of drug-likeness (QED) is 0.334. The minimum Gasteiger partial charge on any atom is -0.493 e. The monoisotopic (exact) mass is 513 g/mol. The number of hydrogen-bond acceptors (Lipinski definition) is 6. The lowest BCUT2D eigenvalue weighted by Crippen LogP contribution is -2.53. The Kier molecular flexibility index (Phi) is 9.40. The van der Waals surface area contributed by atoms with E-state index in [9.17, 15) is 4.79 Å². The summed E-state index contributed by atoms with van der Waals surface area (Å²) >= 11 is 1.44. The Labute approximate surface area is 219 Å². The van der Waals surface area contributed by atoms with E-state index in [2.05, 4.69) is 57.4 Å². The van der Waals surface area contributed by atoms with Gasteiger partial charge in [-0.3, -0.25) is 9.62 Å². The van der Waals surface area contributed by atoms with Crippen LogP contribution in [0, 0.1) is 0 Å². The molecule has 8 heteroatoms. The molecule has 2 aliphatic rings. The number of benzene rings is 2. The van der Waals surface area contributed by atoms with E-state index in [1.807, 2.05) is 6.07 Å². The van der Waals surface area contributed by atoms with Gasteiger partial charge in [-0.25, -0.2) is 4.79 Å². The maximum absolute atomic E-state index is 12.6. The maximum Gasteiger partial charge on any atom is 0.324 e. The van der Waals surface area contributed by atoms with Crippen molar-refractivity contribution in [3.63, 3.8) is 0 Å². The number of carbonyl (C=O) groups is 1. The van der Waals surface area contributed by atoms with Crippen molar-refractivity contribution in [3.05, 3.63) is 59.7 Å². The molecule has 4 rings (SSSR count). The number of urea groups is 1. The van der Waals surface area contributed by atoms with Crippen molar-refractivity contribution in [2.75, 3.05) is 40.2 Å². The molecular formula is C28H39N3O4S. The summed E-state index contributed by atoms with van der Waals surface area (Å²) in [6.07, 6.45) is 4.89. The molecule has 1 heterocycles. The summed E-state index contributed by atoms with van der Waals surface area (Å²) in [5, 5.41) is 3.24. The van der Waals surface area contributed by atoms with Crippen molar-refractivity contribution in [1.82, 2.24) is 14.9 Å². The molecule has 0 radical (unpaired) electrons. The number of amides is 2. The van der Waals surface area contributed by atoms with Crippen LogP contribution in [0.25, 0.3) is 0 Å². The molecule has 196 valence electrons. The fourth-order valence-corrected chi connectivity index (χ4v) is 6.43. The number of fused-ring (bicyclic) bond motifs is 1. The van der Waals surface area contributed by atoms with Gasteiger partial charge in [0.25, 0.3) is 0 Å². The normalized spacial score (nSPS) is 23.6. The Morgan fingerprint density at radius 2 is 1.89 bits per heavy atom. The Hall–Kier alpha value is -2.42. The Balaban J connectivity index is 1.50. The van der Waals surface area contributed by atoms with Crippen LogP contribution in [0.2, 0.25) is 0 Å². The predicted octanol–water partition coefficient (Wildman–Crippen LogP) is 4.75. The lowest BCUT2D eigenvalue weighted by molar-refractivity contribution is 0.130. The van der Waals surface area contributed by atoms with Gasteiger partial charge in [0.05, 0.1) is 14.2 Å². The summed E-state index contributed by atoms with van der Waals surface area (Å²) < 4.78 is 19.2. The second-order valence-electron chi connectivity index (χ2n) is 9.69. The third kappa shape index (κ3) is 6.10. The largest absolute Gasteiger partial charge is 0.493 e. The standard InChI is InChI=1S/C28H39N3O4S/c1-33-16-7-17-36-30-27(32)29-23-12-13-28(22-10-11-24(34-2)25(18-22)35-3)14-15-31(26(28)19-23)20-21-8-5-4-6-9-21/h4-6,8-11,18,23,26H,7,12-17,19-20H2,1-3H3,(H2,29,30,32). The second kappa shape index (κ2) is 12.7. The van der Waals surface area contributed by atoms with Gasteiger partial charge in [0, 0.05) is 43.5 Å². The Morgan fingerprint density at radius 3 is 2.64 bits per heavy atom. The molecule has 0 bridgehead atoms. The fourth-order valence-electron chi connectivity index (χ4n) is 5.87. The van der Waals surface area contributed by atoms with Gasteiger partial charge in [-0.05, 0) is 73.9 Å². The molecule has 7 nitrogen and oxygen atoms in total. The first kappa shape index (κ1) is 26.6. The van der Waals surface area contributed by atoms with Crippen molar-refractivity contribution in [2.24, 2.45) is 0 Å². The summed E-state index contributed by atoms with van der Waals surface area (Å²) in [5.41, 5.74) is 2.65. The van der Waals surface area contributed by atoms with E-state index < -0.39 is 0 Å². The van der Waals surface area contributed by atoms with Crippen LogP contribution < -0.4 is 19.5 Å². The lowest BCUT2D eigenvalue weighted by Gasteiger charge is -2.45. The molecule has 2 N–H and O–H groups in total. The van der Waals surface area contributed by atoms with Crippen LogP contribution >= 0.6 is 11.9 Å². The molecule has 36 heavy (non-hydrogen) atoms. The van der Waals surface area contributed by atoms with Gasteiger partial charge in [0.2, 0.25) is 0 Å². The van der Waals surface area contributed by atoms with Gasteiger partial charge in [0.15, 0.2) is 11.5 Å². The predicted molar refractivity (Wildman–Crippen MR) is 145 cm³/mol. The van der Waals surface area contributed by atoms with Crippen molar-refractivity contribution < 1.29 is 19.0 Å². The molecule has 2 amide bonds.